The number of amides is 1. The summed E-state index contributed by atoms with van der Waals surface area (Å²) in [5.41, 5.74) is 6.14. The lowest BCUT2D eigenvalue weighted by molar-refractivity contribution is 0.0784. The molecule has 2 rings (SSSR count). The maximum atomic E-state index is 12.9. The minimum absolute atomic E-state index is 0.0496. The van der Waals surface area contributed by atoms with E-state index in [4.69, 9.17) is 0 Å². The Bertz CT molecular complexity index is 762. The fraction of sp³-hybridized carbons (Fsp3) is 0.333. The second kappa shape index (κ2) is 7.91. The van der Waals surface area contributed by atoms with Gasteiger partial charge < -0.3 is 4.90 Å². The number of rotatable bonds is 5. The predicted octanol–water partition coefficient (Wildman–Crippen LogP) is 4.86. The molecule has 0 N–H and O–H groups in total. The van der Waals surface area contributed by atoms with Crippen molar-refractivity contribution in [1.82, 2.24) is 4.90 Å². The largest absolute Gasteiger partial charge is 0.337 e. The summed E-state index contributed by atoms with van der Waals surface area (Å²) in [4.78, 5) is 19.0. The Balaban J connectivity index is 2.26. The highest BCUT2D eigenvalue weighted by Gasteiger charge is 2.16. The van der Waals surface area contributed by atoms with Crippen LogP contribution in [0.15, 0.2) is 41.4 Å². The average Bonchev–Trinajstić information content (AvgIpc) is 2.58. The first kappa shape index (κ1) is 17.9. The molecule has 2 aromatic rings. The Hall–Kier alpha value is -2.42. The van der Waals surface area contributed by atoms with Crippen LogP contribution in [-0.2, 0) is 13.0 Å². The smallest absolute Gasteiger partial charge is 0.254 e. The molecule has 1 amide bonds. The molecule has 0 aliphatic heterocycles. The quantitative estimate of drug-likeness (QED) is 0.724. The van der Waals surface area contributed by atoms with Gasteiger partial charge in [0, 0.05) is 25.4 Å². The van der Waals surface area contributed by atoms with Crippen LogP contribution in [0.5, 0.6) is 0 Å². The molecule has 0 saturated heterocycles. The molecule has 0 bridgehead atoms. The normalized spacial score (nSPS) is 11.0. The van der Waals surface area contributed by atoms with Gasteiger partial charge in [-0.15, -0.1) is 0 Å². The van der Waals surface area contributed by atoms with Gasteiger partial charge in [0.25, 0.3) is 5.91 Å². The number of aliphatic imine (C=N–C) groups is 1. The van der Waals surface area contributed by atoms with Crippen molar-refractivity contribution in [2.75, 3.05) is 7.05 Å². The zero-order valence-electron chi connectivity index (χ0n) is 15.3. The van der Waals surface area contributed by atoms with E-state index in [2.05, 4.69) is 24.0 Å². The molecule has 24 heavy (non-hydrogen) atoms. The maximum Gasteiger partial charge on any atom is 0.254 e. The molecule has 0 unspecified atom stereocenters. The molecular weight excluding hydrogens is 296 g/mol. The van der Waals surface area contributed by atoms with Crippen LogP contribution < -0.4 is 0 Å². The fourth-order valence-electron chi connectivity index (χ4n) is 2.90. The van der Waals surface area contributed by atoms with E-state index in [0.29, 0.717) is 6.54 Å². The zero-order valence-corrected chi connectivity index (χ0v) is 15.3. The third-order valence-corrected chi connectivity index (χ3v) is 4.30. The first-order valence-electron chi connectivity index (χ1n) is 8.40. The van der Waals surface area contributed by atoms with Gasteiger partial charge in [0.05, 0.1) is 5.69 Å². The van der Waals surface area contributed by atoms with E-state index in [0.717, 1.165) is 28.8 Å². The molecule has 2 aromatic carbocycles. The van der Waals surface area contributed by atoms with Gasteiger partial charge in [0.15, 0.2) is 0 Å². The van der Waals surface area contributed by atoms with E-state index < -0.39 is 0 Å². The van der Waals surface area contributed by atoms with E-state index in [9.17, 15) is 4.79 Å². The molecule has 0 aliphatic rings. The number of aryl methyl sites for hydroxylation is 3. The van der Waals surface area contributed by atoms with Gasteiger partial charge in [-0.3, -0.25) is 9.79 Å². The number of nitrogens with zero attached hydrogens (tertiary/aromatic N) is 2. The molecule has 0 heterocycles. The molecule has 0 aliphatic carbocycles. The van der Waals surface area contributed by atoms with Gasteiger partial charge in [-0.1, -0.05) is 31.2 Å². The Morgan fingerprint density at radius 1 is 1.12 bits per heavy atom. The van der Waals surface area contributed by atoms with Crippen LogP contribution in [0.1, 0.15) is 46.5 Å². The Morgan fingerprint density at radius 3 is 2.42 bits per heavy atom. The minimum Gasteiger partial charge on any atom is -0.337 e. The summed E-state index contributed by atoms with van der Waals surface area (Å²) in [6.45, 7) is 8.62. The maximum absolute atomic E-state index is 12.9. The van der Waals surface area contributed by atoms with Gasteiger partial charge in [0.1, 0.15) is 0 Å². The Labute approximate surface area is 145 Å². The summed E-state index contributed by atoms with van der Waals surface area (Å²) in [7, 11) is 1.86. The number of hydrogen-bond acceptors (Lipinski definition) is 2. The van der Waals surface area contributed by atoms with E-state index in [1.165, 1.54) is 11.1 Å². The fourth-order valence-corrected chi connectivity index (χ4v) is 2.90. The van der Waals surface area contributed by atoms with E-state index >= 15 is 0 Å². The molecule has 0 radical (unpaired) electrons. The van der Waals surface area contributed by atoms with Crippen molar-refractivity contribution < 1.29 is 4.79 Å². The summed E-state index contributed by atoms with van der Waals surface area (Å²) in [5.74, 6) is 0.0496. The average molecular weight is 322 g/mol. The highest BCUT2D eigenvalue weighted by molar-refractivity contribution is 5.96. The van der Waals surface area contributed by atoms with Crippen LogP contribution in [0.4, 0.5) is 5.69 Å². The van der Waals surface area contributed by atoms with Gasteiger partial charge in [-0.05, 0) is 61.6 Å². The summed E-state index contributed by atoms with van der Waals surface area (Å²) in [6, 6.07) is 12.2. The first-order chi connectivity index (χ1) is 11.5. The SMILES string of the molecule is C/C=N/c1cc(C)c(C(=O)N(C)Cc2ccccc2CC)cc1C. The monoisotopic (exact) mass is 322 g/mol. The molecule has 0 aromatic heterocycles. The Morgan fingerprint density at radius 2 is 1.79 bits per heavy atom. The van der Waals surface area contributed by atoms with Crippen molar-refractivity contribution in [3.05, 3.63) is 64.2 Å². The molecular formula is C21H26N2O. The third-order valence-electron chi connectivity index (χ3n) is 4.30. The number of carbonyl (C=O) groups excluding carboxylic acids is 1. The topological polar surface area (TPSA) is 32.7 Å². The van der Waals surface area contributed by atoms with Crippen molar-refractivity contribution in [1.29, 1.82) is 0 Å². The van der Waals surface area contributed by atoms with Gasteiger partial charge in [-0.2, -0.15) is 0 Å². The number of hydrogen-bond donors (Lipinski definition) is 0. The molecule has 126 valence electrons. The van der Waals surface area contributed by atoms with Crippen molar-refractivity contribution in [3.8, 4) is 0 Å². The zero-order chi connectivity index (χ0) is 17.7. The lowest BCUT2D eigenvalue weighted by Gasteiger charge is -2.20. The third kappa shape index (κ3) is 3.91. The second-order valence-electron chi connectivity index (χ2n) is 6.12. The minimum atomic E-state index is 0.0496. The molecule has 0 atom stereocenters. The molecule has 0 spiro atoms. The van der Waals surface area contributed by atoms with Gasteiger partial charge >= 0.3 is 0 Å². The summed E-state index contributed by atoms with van der Waals surface area (Å²) in [6.07, 6.45) is 2.75. The molecule has 3 heteroatoms. The van der Waals surface area contributed by atoms with E-state index in [1.807, 2.05) is 52.1 Å². The van der Waals surface area contributed by atoms with Crippen LogP contribution >= 0.6 is 0 Å². The standard InChI is InChI=1S/C21H26N2O/c1-6-17-10-8-9-11-18(17)14-23(5)21(24)19-12-16(4)20(22-7-2)13-15(19)3/h7-13H,6,14H2,1-5H3/b22-7+. The molecule has 0 saturated carbocycles. The first-order valence-corrected chi connectivity index (χ1v) is 8.40. The Kier molecular flexibility index (Phi) is 5.91. The van der Waals surface area contributed by atoms with Crippen LogP contribution in [0.25, 0.3) is 0 Å². The number of benzene rings is 2. The van der Waals surface area contributed by atoms with Crippen LogP contribution in [-0.4, -0.2) is 24.1 Å². The van der Waals surface area contributed by atoms with Gasteiger partial charge in [0.2, 0.25) is 0 Å². The van der Waals surface area contributed by atoms with Crippen molar-refractivity contribution >= 4 is 17.8 Å². The highest BCUT2D eigenvalue weighted by atomic mass is 16.2. The summed E-state index contributed by atoms with van der Waals surface area (Å²) in [5, 5.41) is 0. The van der Waals surface area contributed by atoms with Crippen LogP contribution in [0, 0.1) is 13.8 Å². The lowest BCUT2D eigenvalue weighted by atomic mass is 10.0. The van der Waals surface area contributed by atoms with E-state index in [1.54, 1.807) is 11.1 Å². The lowest BCUT2D eigenvalue weighted by Crippen LogP contribution is -2.27. The number of carbonyl (C=O) groups is 1. The summed E-state index contributed by atoms with van der Waals surface area (Å²) >= 11 is 0. The van der Waals surface area contributed by atoms with Crippen LogP contribution in [0.3, 0.4) is 0 Å². The van der Waals surface area contributed by atoms with Crippen molar-refractivity contribution in [3.63, 3.8) is 0 Å². The molecule has 0 fully saturated rings. The van der Waals surface area contributed by atoms with E-state index in [-0.39, 0.29) is 5.91 Å². The van der Waals surface area contributed by atoms with Crippen LogP contribution in [0.2, 0.25) is 0 Å². The highest BCUT2D eigenvalue weighted by Crippen LogP contribution is 2.24. The second-order valence-corrected chi connectivity index (χ2v) is 6.12. The van der Waals surface area contributed by atoms with Crippen molar-refractivity contribution in [2.45, 2.75) is 40.7 Å². The predicted molar refractivity (Wildman–Crippen MR) is 101 cm³/mol. The molecule has 3 nitrogen and oxygen atoms in total. The van der Waals surface area contributed by atoms with Gasteiger partial charge in [-0.25, -0.2) is 0 Å². The van der Waals surface area contributed by atoms with Crippen molar-refractivity contribution in [2.24, 2.45) is 4.99 Å². The summed E-state index contributed by atoms with van der Waals surface area (Å²) < 4.78 is 0.